The minimum Gasteiger partial charge on any atom is -1.00 e. The molecule has 0 bridgehead atoms. The van der Waals surface area contributed by atoms with Crippen LogP contribution in [0.4, 0.5) is 0 Å². The number of hydrogen-bond donors (Lipinski definition) is 3. The van der Waals surface area contributed by atoms with E-state index in [0.29, 0.717) is 24.9 Å². The largest absolute Gasteiger partial charge is 1.00 e. The lowest BCUT2D eigenvalue weighted by Crippen LogP contribution is -3.00. The molecule has 0 spiro atoms. The molecule has 18 heavy (non-hydrogen) atoms. The molecule has 0 aliphatic heterocycles. The van der Waals surface area contributed by atoms with Crippen LogP contribution >= 0.6 is 0 Å². The number of pyridine rings is 1. The predicted octanol–water partition coefficient (Wildman–Crippen LogP) is -3.73. The number of halogens is 1. The van der Waals surface area contributed by atoms with E-state index in [-0.39, 0.29) is 17.0 Å². The second-order valence-electron chi connectivity index (χ2n) is 3.78. The molecule has 1 aromatic rings. The van der Waals surface area contributed by atoms with E-state index in [9.17, 15) is 9.59 Å². The molecular formula is C11H16BrN3O3. The van der Waals surface area contributed by atoms with Gasteiger partial charge in [0.2, 0.25) is 5.91 Å². The smallest absolute Gasteiger partial charge is 0.320 e. The summed E-state index contributed by atoms with van der Waals surface area (Å²) in [7, 11) is 0. The van der Waals surface area contributed by atoms with Crippen molar-refractivity contribution in [2.45, 2.75) is 25.4 Å². The zero-order chi connectivity index (χ0) is 12.8. The van der Waals surface area contributed by atoms with Crippen LogP contribution in [0.2, 0.25) is 0 Å². The van der Waals surface area contributed by atoms with Gasteiger partial charge in [-0.1, -0.05) is 0 Å². The number of carbonyl (C=O) groups excluding carboxylic acids is 1. The molecule has 0 fully saturated rings. The first-order valence-electron chi connectivity index (χ1n) is 5.28. The summed E-state index contributed by atoms with van der Waals surface area (Å²) in [5.74, 6) is -1.45. The maximum Gasteiger partial charge on any atom is 0.320 e. The van der Waals surface area contributed by atoms with Gasteiger partial charge in [-0.05, 0) is 6.42 Å². The molecule has 7 heteroatoms. The van der Waals surface area contributed by atoms with Crippen LogP contribution in [-0.2, 0) is 11.3 Å². The lowest BCUT2D eigenvalue weighted by Gasteiger charge is -2.03. The third kappa shape index (κ3) is 5.24. The third-order valence-electron chi connectivity index (χ3n) is 2.42. The Balaban J connectivity index is 0.00000289. The highest BCUT2D eigenvalue weighted by Crippen LogP contribution is 1.96. The van der Waals surface area contributed by atoms with E-state index in [2.05, 4.69) is 0 Å². The average Bonchev–Trinajstić information content (AvgIpc) is 2.29. The summed E-state index contributed by atoms with van der Waals surface area (Å²) in [6, 6.07) is 2.43. The number of carboxylic acid groups (broad SMARTS) is 1. The third-order valence-corrected chi connectivity index (χ3v) is 2.42. The van der Waals surface area contributed by atoms with Crippen molar-refractivity contribution in [1.82, 2.24) is 0 Å². The van der Waals surface area contributed by atoms with Crippen LogP contribution in [0.5, 0.6) is 0 Å². The first-order valence-corrected chi connectivity index (χ1v) is 5.28. The van der Waals surface area contributed by atoms with Gasteiger partial charge in [0.05, 0.1) is 5.56 Å². The Bertz CT molecular complexity index is 408. The zero-order valence-corrected chi connectivity index (χ0v) is 11.3. The Kier molecular flexibility index (Phi) is 7.14. The van der Waals surface area contributed by atoms with E-state index in [1.165, 1.54) is 0 Å². The normalized spacial score (nSPS) is 11.4. The summed E-state index contributed by atoms with van der Waals surface area (Å²) in [6.07, 6.45) is 4.53. The number of carboxylic acids is 1. The van der Waals surface area contributed by atoms with Crippen LogP contribution in [0.15, 0.2) is 24.5 Å². The highest BCUT2D eigenvalue weighted by Gasteiger charge is 2.12. The molecule has 6 nitrogen and oxygen atoms in total. The SMILES string of the molecule is NC(=O)c1cc[n+](CCC[C@H](N)C(=O)O)cc1.[Br-]. The molecule has 0 saturated heterocycles. The van der Waals surface area contributed by atoms with E-state index in [4.69, 9.17) is 16.6 Å². The van der Waals surface area contributed by atoms with Crippen LogP contribution in [0.3, 0.4) is 0 Å². The fourth-order valence-electron chi connectivity index (χ4n) is 1.39. The molecule has 0 aliphatic rings. The quantitative estimate of drug-likeness (QED) is 0.468. The molecule has 1 rings (SSSR count). The molecule has 0 aromatic carbocycles. The van der Waals surface area contributed by atoms with Gasteiger partial charge in [0.1, 0.15) is 12.6 Å². The maximum atomic E-state index is 10.8. The van der Waals surface area contributed by atoms with Gasteiger partial charge >= 0.3 is 5.97 Å². The Morgan fingerprint density at radius 3 is 2.33 bits per heavy atom. The molecule has 1 aromatic heterocycles. The highest BCUT2D eigenvalue weighted by atomic mass is 79.9. The molecule has 0 unspecified atom stereocenters. The number of primary amides is 1. The van der Waals surface area contributed by atoms with E-state index in [0.717, 1.165) is 0 Å². The van der Waals surface area contributed by atoms with Crippen LogP contribution < -0.4 is 33.0 Å². The van der Waals surface area contributed by atoms with Crippen LogP contribution in [0.25, 0.3) is 0 Å². The van der Waals surface area contributed by atoms with Crippen molar-refractivity contribution < 1.29 is 36.2 Å². The van der Waals surface area contributed by atoms with Gasteiger partial charge in [-0.2, -0.15) is 0 Å². The molecule has 1 atom stereocenters. The number of carbonyl (C=O) groups is 2. The predicted molar refractivity (Wildman–Crippen MR) is 60.0 cm³/mol. The summed E-state index contributed by atoms with van der Waals surface area (Å²) in [4.78, 5) is 21.3. The van der Waals surface area contributed by atoms with Crippen molar-refractivity contribution in [2.75, 3.05) is 0 Å². The summed E-state index contributed by atoms with van der Waals surface area (Å²) >= 11 is 0. The topological polar surface area (TPSA) is 110 Å². The van der Waals surface area contributed by atoms with E-state index in [1.807, 2.05) is 4.57 Å². The molecule has 1 amide bonds. The first-order chi connectivity index (χ1) is 8.00. The van der Waals surface area contributed by atoms with Crippen molar-refractivity contribution in [3.8, 4) is 0 Å². The summed E-state index contributed by atoms with van der Waals surface area (Å²) in [5, 5.41) is 8.59. The number of nitrogens with two attached hydrogens (primary N) is 2. The first kappa shape index (κ1) is 16.5. The lowest BCUT2D eigenvalue weighted by molar-refractivity contribution is -0.697. The average molecular weight is 318 g/mol. The summed E-state index contributed by atoms with van der Waals surface area (Å²) in [5.41, 5.74) is 10.9. The minimum absolute atomic E-state index is 0. The number of aliphatic carboxylic acids is 1. The van der Waals surface area contributed by atoms with Gasteiger partial charge < -0.3 is 33.6 Å². The number of rotatable bonds is 6. The standard InChI is InChI=1S/C11H15N3O3.BrH/c12-9(11(16)17)2-1-5-14-6-3-8(4-7-14)10(13)15;/h3-4,6-7,9H,1-2,5,12H2,(H2-,13,15,16,17);1H/t9-;/m0./s1. The highest BCUT2D eigenvalue weighted by molar-refractivity contribution is 5.92. The Hall–Kier alpha value is -1.47. The van der Waals surface area contributed by atoms with Crippen molar-refractivity contribution in [3.05, 3.63) is 30.1 Å². The van der Waals surface area contributed by atoms with Gasteiger partial charge in [-0.3, -0.25) is 9.59 Å². The van der Waals surface area contributed by atoms with E-state index in [1.54, 1.807) is 24.5 Å². The number of amides is 1. The molecule has 1 heterocycles. The minimum atomic E-state index is -0.987. The summed E-state index contributed by atoms with van der Waals surface area (Å²) < 4.78 is 1.85. The molecule has 0 radical (unpaired) electrons. The van der Waals surface area contributed by atoms with Crippen molar-refractivity contribution in [2.24, 2.45) is 11.5 Å². The molecular weight excluding hydrogens is 302 g/mol. The Labute approximate surface area is 115 Å². The maximum absolute atomic E-state index is 10.8. The van der Waals surface area contributed by atoms with Crippen LogP contribution in [0.1, 0.15) is 23.2 Å². The number of hydrogen-bond acceptors (Lipinski definition) is 3. The van der Waals surface area contributed by atoms with Gasteiger partial charge in [0.25, 0.3) is 0 Å². The van der Waals surface area contributed by atoms with E-state index >= 15 is 0 Å². The Morgan fingerprint density at radius 2 is 1.89 bits per heavy atom. The molecule has 0 aliphatic carbocycles. The Morgan fingerprint density at radius 1 is 1.33 bits per heavy atom. The molecule has 100 valence electrons. The van der Waals surface area contributed by atoms with Gasteiger partial charge in [-0.15, -0.1) is 0 Å². The van der Waals surface area contributed by atoms with Crippen LogP contribution in [-0.4, -0.2) is 23.0 Å². The monoisotopic (exact) mass is 317 g/mol. The van der Waals surface area contributed by atoms with Crippen LogP contribution in [0, 0.1) is 0 Å². The second kappa shape index (κ2) is 7.78. The van der Waals surface area contributed by atoms with Crippen molar-refractivity contribution in [1.29, 1.82) is 0 Å². The second-order valence-corrected chi connectivity index (χ2v) is 3.78. The molecule has 5 N–H and O–H groups in total. The number of aryl methyl sites for hydroxylation is 1. The fraction of sp³-hybridized carbons (Fsp3) is 0.364. The van der Waals surface area contributed by atoms with E-state index < -0.39 is 17.9 Å². The number of aromatic nitrogens is 1. The lowest BCUT2D eigenvalue weighted by atomic mass is 10.1. The van der Waals surface area contributed by atoms with Crippen molar-refractivity contribution >= 4 is 11.9 Å². The fourth-order valence-corrected chi connectivity index (χ4v) is 1.39. The molecule has 0 saturated carbocycles. The summed E-state index contributed by atoms with van der Waals surface area (Å²) in [6.45, 7) is 0.653. The number of nitrogens with zero attached hydrogens (tertiary/aromatic N) is 1. The van der Waals surface area contributed by atoms with Gasteiger partial charge in [-0.25, -0.2) is 4.57 Å². The van der Waals surface area contributed by atoms with Crippen molar-refractivity contribution in [3.63, 3.8) is 0 Å². The van der Waals surface area contributed by atoms with Gasteiger partial charge in [0, 0.05) is 18.6 Å². The van der Waals surface area contributed by atoms with Gasteiger partial charge in [0.15, 0.2) is 12.4 Å². The zero-order valence-electron chi connectivity index (χ0n) is 9.75.